The van der Waals surface area contributed by atoms with Gasteiger partial charge in [-0.1, -0.05) is 37.3 Å². The maximum Gasteiger partial charge on any atom is 0.0992 e. The first-order valence-electron chi connectivity index (χ1n) is 7.33. The number of hydrogen-bond acceptors (Lipinski definition) is 3. The predicted molar refractivity (Wildman–Crippen MR) is 79.1 cm³/mol. The van der Waals surface area contributed by atoms with Crippen molar-refractivity contribution in [1.29, 1.82) is 0 Å². The number of hydrogen-bond donors (Lipinski definition) is 2. The van der Waals surface area contributed by atoms with Gasteiger partial charge >= 0.3 is 0 Å². The molecule has 1 heterocycles. The summed E-state index contributed by atoms with van der Waals surface area (Å²) in [7, 11) is 0. The van der Waals surface area contributed by atoms with Gasteiger partial charge in [0, 0.05) is 13.1 Å². The normalized spacial score (nSPS) is 23.4. The number of likely N-dealkylation sites (tertiary alicyclic amines) is 1. The maximum atomic E-state index is 10.5. The molecule has 19 heavy (non-hydrogen) atoms. The van der Waals surface area contributed by atoms with Crippen molar-refractivity contribution in [2.24, 2.45) is 5.92 Å². The molecule has 2 atom stereocenters. The minimum atomic E-state index is -0.787. The second-order valence-electron chi connectivity index (χ2n) is 5.82. The highest BCUT2D eigenvalue weighted by Gasteiger charge is 2.24. The molecule has 0 aromatic heterocycles. The van der Waals surface area contributed by atoms with Gasteiger partial charge in [-0.3, -0.25) is 0 Å². The summed E-state index contributed by atoms with van der Waals surface area (Å²) in [5, 5.41) is 13.9. The number of nitrogens with one attached hydrogen (secondary N) is 1. The summed E-state index contributed by atoms with van der Waals surface area (Å²) in [6, 6.07) is 9.89. The fourth-order valence-electron chi connectivity index (χ4n) is 2.79. The van der Waals surface area contributed by atoms with Gasteiger partial charge in [-0.2, -0.15) is 0 Å². The van der Waals surface area contributed by atoms with Crippen LogP contribution in [0.15, 0.2) is 30.3 Å². The summed E-state index contributed by atoms with van der Waals surface area (Å²) in [6.45, 7) is 9.27. The van der Waals surface area contributed by atoms with Gasteiger partial charge in [0.15, 0.2) is 0 Å². The topological polar surface area (TPSA) is 35.5 Å². The van der Waals surface area contributed by atoms with Crippen molar-refractivity contribution in [3.63, 3.8) is 0 Å². The lowest BCUT2D eigenvalue weighted by Gasteiger charge is -2.25. The number of benzene rings is 1. The Bertz CT molecular complexity index is 378. The van der Waals surface area contributed by atoms with E-state index < -0.39 is 5.60 Å². The van der Waals surface area contributed by atoms with Crippen LogP contribution in [-0.2, 0) is 5.60 Å². The Morgan fingerprint density at radius 1 is 1.37 bits per heavy atom. The molecule has 2 unspecified atom stereocenters. The largest absolute Gasteiger partial charge is 0.384 e. The van der Waals surface area contributed by atoms with Crippen LogP contribution in [0.4, 0.5) is 0 Å². The summed E-state index contributed by atoms with van der Waals surface area (Å²) in [6.07, 6.45) is 1.27. The Labute approximate surface area is 116 Å². The smallest absolute Gasteiger partial charge is 0.0992 e. The molecule has 1 aliphatic rings. The van der Waals surface area contributed by atoms with Crippen LogP contribution in [0.5, 0.6) is 0 Å². The van der Waals surface area contributed by atoms with Crippen molar-refractivity contribution in [2.75, 3.05) is 32.7 Å². The maximum absolute atomic E-state index is 10.5. The second-order valence-corrected chi connectivity index (χ2v) is 5.82. The predicted octanol–water partition coefficient (Wildman–Crippen LogP) is 1.83. The Kier molecular flexibility index (Phi) is 4.97. The van der Waals surface area contributed by atoms with E-state index in [4.69, 9.17) is 0 Å². The first-order chi connectivity index (χ1) is 9.12. The third kappa shape index (κ3) is 4.03. The fraction of sp³-hybridized carbons (Fsp3) is 0.625. The monoisotopic (exact) mass is 262 g/mol. The van der Waals surface area contributed by atoms with Crippen LogP contribution in [0, 0.1) is 5.92 Å². The van der Waals surface area contributed by atoms with Gasteiger partial charge in [0.1, 0.15) is 0 Å². The first kappa shape index (κ1) is 14.5. The van der Waals surface area contributed by atoms with E-state index in [2.05, 4.69) is 17.1 Å². The molecule has 3 heteroatoms. The lowest BCUT2D eigenvalue weighted by Crippen LogP contribution is -2.38. The van der Waals surface area contributed by atoms with Crippen LogP contribution in [-0.4, -0.2) is 42.7 Å². The molecule has 0 aliphatic carbocycles. The molecular weight excluding hydrogens is 236 g/mol. The van der Waals surface area contributed by atoms with Crippen LogP contribution >= 0.6 is 0 Å². The molecule has 2 rings (SSSR count). The Morgan fingerprint density at radius 2 is 2.11 bits per heavy atom. The first-order valence-corrected chi connectivity index (χ1v) is 7.33. The van der Waals surface area contributed by atoms with Crippen molar-refractivity contribution in [3.05, 3.63) is 35.9 Å². The lowest BCUT2D eigenvalue weighted by atomic mass is 9.96. The quantitative estimate of drug-likeness (QED) is 0.821. The average molecular weight is 262 g/mol. The molecule has 0 bridgehead atoms. The lowest BCUT2D eigenvalue weighted by molar-refractivity contribution is 0.0561. The molecule has 106 valence electrons. The Morgan fingerprint density at radius 3 is 2.74 bits per heavy atom. The van der Waals surface area contributed by atoms with Gasteiger partial charge in [0.25, 0.3) is 0 Å². The van der Waals surface area contributed by atoms with E-state index in [1.807, 2.05) is 37.3 Å². The minimum absolute atomic E-state index is 0.611. The van der Waals surface area contributed by atoms with E-state index in [0.29, 0.717) is 6.54 Å². The molecule has 1 saturated heterocycles. The zero-order valence-electron chi connectivity index (χ0n) is 12.1. The SMILES string of the molecule is CCN1CCC(CNCC(C)(O)c2ccccc2)C1. The summed E-state index contributed by atoms with van der Waals surface area (Å²) < 4.78 is 0. The molecule has 1 aliphatic heterocycles. The van der Waals surface area contributed by atoms with Crippen LogP contribution in [0.3, 0.4) is 0 Å². The van der Waals surface area contributed by atoms with Crippen molar-refractivity contribution in [3.8, 4) is 0 Å². The van der Waals surface area contributed by atoms with E-state index in [1.54, 1.807) is 0 Å². The highest BCUT2D eigenvalue weighted by Crippen LogP contribution is 2.20. The Hall–Kier alpha value is -0.900. The molecule has 0 amide bonds. The molecule has 0 radical (unpaired) electrons. The van der Waals surface area contributed by atoms with E-state index in [-0.39, 0.29) is 0 Å². The van der Waals surface area contributed by atoms with Gasteiger partial charge in [0.05, 0.1) is 5.60 Å². The second kappa shape index (κ2) is 6.51. The van der Waals surface area contributed by atoms with Crippen LogP contribution < -0.4 is 5.32 Å². The summed E-state index contributed by atoms with van der Waals surface area (Å²) in [5.41, 5.74) is 0.189. The molecule has 2 N–H and O–H groups in total. The molecule has 0 saturated carbocycles. The van der Waals surface area contributed by atoms with E-state index in [1.165, 1.54) is 19.5 Å². The zero-order valence-corrected chi connectivity index (χ0v) is 12.1. The molecular formula is C16H26N2O. The third-order valence-corrected chi connectivity index (χ3v) is 4.12. The van der Waals surface area contributed by atoms with Gasteiger partial charge in [0.2, 0.25) is 0 Å². The molecule has 1 fully saturated rings. The highest BCUT2D eigenvalue weighted by atomic mass is 16.3. The van der Waals surface area contributed by atoms with Crippen LogP contribution in [0.1, 0.15) is 25.8 Å². The molecule has 1 aromatic carbocycles. The van der Waals surface area contributed by atoms with Gasteiger partial charge in [-0.05, 0) is 44.5 Å². The van der Waals surface area contributed by atoms with Crippen molar-refractivity contribution in [2.45, 2.75) is 25.9 Å². The molecule has 1 aromatic rings. The van der Waals surface area contributed by atoms with Crippen LogP contribution in [0.25, 0.3) is 0 Å². The molecule has 0 spiro atoms. The van der Waals surface area contributed by atoms with Gasteiger partial charge in [-0.15, -0.1) is 0 Å². The van der Waals surface area contributed by atoms with Crippen LogP contribution in [0.2, 0.25) is 0 Å². The summed E-state index contributed by atoms with van der Waals surface area (Å²) in [4.78, 5) is 2.49. The highest BCUT2D eigenvalue weighted by molar-refractivity contribution is 5.21. The van der Waals surface area contributed by atoms with Gasteiger partial charge in [-0.25, -0.2) is 0 Å². The number of rotatable bonds is 6. The van der Waals surface area contributed by atoms with Gasteiger partial charge < -0.3 is 15.3 Å². The summed E-state index contributed by atoms with van der Waals surface area (Å²) >= 11 is 0. The van der Waals surface area contributed by atoms with E-state index >= 15 is 0 Å². The van der Waals surface area contributed by atoms with Crippen molar-refractivity contribution >= 4 is 0 Å². The van der Waals surface area contributed by atoms with Crippen molar-refractivity contribution in [1.82, 2.24) is 10.2 Å². The minimum Gasteiger partial charge on any atom is -0.384 e. The molecule has 3 nitrogen and oxygen atoms in total. The van der Waals surface area contributed by atoms with E-state index in [9.17, 15) is 5.11 Å². The summed E-state index contributed by atoms with van der Waals surface area (Å²) in [5.74, 6) is 0.728. The number of aliphatic hydroxyl groups is 1. The van der Waals surface area contributed by atoms with Crippen molar-refractivity contribution < 1.29 is 5.11 Å². The standard InChI is InChI=1S/C16H26N2O/c1-3-18-10-9-14(12-18)11-17-13-16(2,19)15-7-5-4-6-8-15/h4-8,14,17,19H,3,9-13H2,1-2H3. The van der Waals surface area contributed by atoms with E-state index in [0.717, 1.165) is 24.6 Å². The number of nitrogens with zero attached hydrogens (tertiary/aromatic N) is 1. The Balaban J connectivity index is 1.76. The zero-order chi connectivity index (χ0) is 13.7. The average Bonchev–Trinajstić information content (AvgIpc) is 2.87. The third-order valence-electron chi connectivity index (χ3n) is 4.12. The fourth-order valence-corrected chi connectivity index (χ4v) is 2.79.